The molecule has 0 aromatic heterocycles. The Morgan fingerprint density at radius 1 is 1.44 bits per heavy atom. The van der Waals surface area contributed by atoms with Crippen LogP contribution in [-0.4, -0.2) is 19.8 Å². The lowest BCUT2D eigenvalue weighted by atomic mass is 10.2. The summed E-state index contributed by atoms with van der Waals surface area (Å²) in [4.78, 5) is -0.0664. The molecule has 0 saturated carbocycles. The molecule has 0 spiro atoms. The van der Waals surface area contributed by atoms with Crippen LogP contribution in [0.2, 0.25) is 0 Å². The number of sulfonamides is 1. The Kier molecular flexibility index (Phi) is 6.23. The molecule has 0 saturated heterocycles. The number of hydrogen-bond donors (Lipinski definition) is 1. The Hall–Kier alpha value is 0.0200. The average molecular weight is 403 g/mol. The minimum atomic E-state index is -3.78. The fourth-order valence-electron chi connectivity index (χ4n) is 1.32. The van der Waals surface area contributed by atoms with Crippen molar-refractivity contribution in [2.75, 3.05) is 6.54 Å². The normalized spacial score (nSPS) is 13.6. The number of rotatable bonds is 6. The molecule has 1 atom stereocenters. The van der Waals surface area contributed by atoms with Gasteiger partial charge in [-0.15, -0.1) is 0 Å². The van der Waals surface area contributed by atoms with Crippen LogP contribution in [0, 0.1) is 5.82 Å². The van der Waals surface area contributed by atoms with Crippen molar-refractivity contribution in [2.24, 2.45) is 0 Å². The summed E-state index contributed by atoms with van der Waals surface area (Å²) in [6, 6.07) is 3.87. The van der Waals surface area contributed by atoms with Crippen LogP contribution >= 0.6 is 31.9 Å². The van der Waals surface area contributed by atoms with Gasteiger partial charge >= 0.3 is 0 Å². The van der Waals surface area contributed by atoms with Gasteiger partial charge in [0.15, 0.2) is 0 Å². The number of halogens is 3. The van der Waals surface area contributed by atoms with Crippen LogP contribution in [0.5, 0.6) is 0 Å². The Bertz CT molecular complexity index is 508. The lowest BCUT2D eigenvalue weighted by Crippen LogP contribution is -2.27. The molecule has 102 valence electrons. The predicted molar refractivity (Wildman–Crippen MR) is 76.9 cm³/mol. The van der Waals surface area contributed by atoms with E-state index in [9.17, 15) is 12.8 Å². The highest BCUT2D eigenvalue weighted by Gasteiger charge is 2.18. The molecule has 0 amide bonds. The van der Waals surface area contributed by atoms with Gasteiger partial charge in [-0.05, 0) is 31.0 Å². The van der Waals surface area contributed by atoms with Gasteiger partial charge in [-0.25, -0.2) is 17.5 Å². The van der Waals surface area contributed by atoms with E-state index in [1.165, 1.54) is 12.1 Å². The van der Waals surface area contributed by atoms with Crippen molar-refractivity contribution in [3.63, 3.8) is 0 Å². The van der Waals surface area contributed by atoms with E-state index >= 15 is 0 Å². The first-order chi connectivity index (χ1) is 8.36. The molecule has 7 heteroatoms. The predicted octanol–water partition coefficient (Wildman–Crippen LogP) is 3.43. The van der Waals surface area contributed by atoms with Crippen molar-refractivity contribution >= 4 is 41.9 Å². The molecule has 18 heavy (non-hydrogen) atoms. The molecule has 1 N–H and O–H groups in total. The maximum Gasteiger partial charge on any atom is 0.243 e. The highest BCUT2D eigenvalue weighted by Crippen LogP contribution is 2.19. The van der Waals surface area contributed by atoms with E-state index in [0.717, 1.165) is 12.5 Å². The highest BCUT2D eigenvalue weighted by atomic mass is 79.9. The standard InChI is InChI=1S/C11H14Br2FNO2S/c1-2-8(12)5-6-15-18(16,17)11-4-3-9(13)7-10(11)14/h3-4,7-8,15H,2,5-6H2,1H3. The van der Waals surface area contributed by atoms with Gasteiger partial charge in [-0.2, -0.15) is 0 Å². The van der Waals surface area contributed by atoms with E-state index in [-0.39, 0.29) is 16.3 Å². The molecule has 1 rings (SSSR count). The van der Waals surface area contributed by atoms with Crippen LogP contribution in [0.3, 0.4) is 0 Å². The smallest absolute Gasteiger partial charge is 0.211 e. The van der Waals surface area contributed by atoms with Crippen molar-refractivity contribution in [3.05, 3.63) is 28.5 Å². The maximum atomic E-state index is 13.5. The largest absolute Gasteiger partial charge is 0.243 e. The molecule has 0 radical (unpaired) electrons. The molecule has 0 heterocycles. The van der Waals surface area contributed by atoms with Crippen molar-refractivity contribution < 1.29 is 12.8 Å². The Labute approximate surface area is 123 Å². The Morgan fingerprint density at radius 2 is 2.11 bits per heavy atom. The van der Waals surface area contributed by atoms with Gasteiger partial charge in [0.1, 0.15) is 10.7 Å². The second-order valence-corrected chi connectivity index (χ2v) is 7.71. The van der Waals surface area contributed by atoms with E-state index in [4.69, 9.17) is 0 Å². The van der Waals surface area contributed by atoms with Crippen molar-refractivity contribution in [2.45, 2.75) is 29.5 Å². The van der Waals surface area contributed by atoms with Crippen LogP contribution in [-0.2, 0) is 10.0 Å². The zero-order valence-electron chi connectivity index (χ0n) is 9.79. The third-order valence-corrected chi connectivity index (χ3v) is 5.47. The van der Waals surface area contributed by atoms with Crippen LogP contribution in [0.25, 0.3) is 0 Å². The third kappa shape index (κ3) is 4.60. The molecular weight excluding hydrogens is 389 g/mol. The van der Waals surface area contributed by atoms with Gasteiger partial charge < -0.3 is 0 Å². The summed E-state index contributed by atoms with van der Waals surface area (Å²) in [5.41, 5.74) is 0. The van der Waals surface area contributed by atoms with Gasteiger partial charge in [0, 0.05) is 15.8 Å². The van der Waals surface area contributed by atoms with E-state index in [0.29, 0.717) is 10.9 Å². The van der Waals surface area contributed by atoms with E-state index in [1.807, 2.05) is 6.92 Å². The quantitative estimate of drug-likeness (QED) is 0.741. The van der Waals surface area contributed by atoms with Crippen molar-refractivity contribution in [1.29, 1.82) is 0 Å². The number of nitrogens with one attached hydrogen (secondary N) is 1. The molecular formula is C11H14Br2FNO2S. The van der Waals surface area contributed by atoms with Gasteiger partial charge in [0.2, 0.25) is 10.0 Å². The lowest BCUT2D eigenvalue weighted by molar-refractivity contribution is 0.554. The highest BCUT2D eigenvalue weighted by molar-refractivity contribution is 9.10. The van der Waals surface area contributed by atoms with Crippen LogP contribution in [0.15, 0.2) is 27.6 Å². The maximum absolute atomic E-state index is 13.5. The van der Waals surface area contributed by atoms with Gasteiger partial charge in [-0.3, -0.25) is 0 Å². The van der Waals surface area contributed by atoms with Crippen molar-refractivity contribution in [1.82, 2.24) is 4.72 Å². The molecule has 1 unspecified atom stereocenters. The zero-order chi connectivity index (χ0) is 13.8. The first-order valence-electron chi connectivity index (χ1n) is 5.45. The summed E-state index contributed by atoms with van der Waals surface area (Å²) in [5, 5.41) is 0. The summed E-state index contributed by atoms with van der Waals surface area (Å²) in [5.74, 6) is -0.761. The van der Waals surface area contributed by atoms with Gasteiger partial charge in [-0.1, -0.05) is 38.8 Å². The van der Waals surface area contributed by atoms with Crippen LogP contribution < -0.4 is 4.72 Å². The summed E-state index contributed by atoms with van der Waals surface area (Å²) in [7, 11) is -3.78. The average Bonchev–Trinajstić information content (AvgIpc) is 2.27. The lowest BCUT2D eigenvalue weighted by Gasteiger charge is -2.09. The minimum absolute atomic E-state index is 0.259. The second-order valence-electron chi connectivity index (χ2n) is 3.77. The summed E-state index contributed by atoms with van der Waals surface area (Å²) < 4.78 is 40.1. The number of benzene rings is 1. The first-order valence-corrected chi connectivity index (χ1v) is 8.64. The number of hydrogen-bond acceptors (Lipinski definition) is 2. The molecule has 0 fully saturated rings. The Morgan fingerprint density at radius 3 is 2.67 bits per heavy atom. The van der Waals surface area contributed by atoms with E-state index in [2.05, 4.69) is 36.6 Å². The second kappa shape index (κ2) is 6.98. The molecule has 0 aliphatic carbocycles. The minimum Gasteiger partial charge on any atom is -0.211 e. The monoisotopic (exact) mass is 401 g/mol. The SMILES string of the molecule is CCC(Br)CCNS(=O)(=O)c1ccc(Br)cc1F. The third-order valence-electron chi connectivity index (χ3n) is 2.38. The molecule has 1 aromatic carbocycles. The zero-order valence-corrected chi connectivity index (χ0v) is 13.8. The van der Waals surface area contributed by atoms with Crippen molar-refractivity contribution in [3.8, 4) is 0 Å². The van der Waals surface area contributed by atoms with Crippen LogP contribution in [0.4, 0.5) is 4.39 Å². The summed E-state index contributed by atoms with van der Waals surface area (Å²) in [6.07, 6.45) is 1.57. The van der Waals surface area contributed by atoms with E-state index in [1.54, 1.807) is 0 Å². The molecule has 0 bridgehead atoms. The van der Waals surface area contributed by atoms with E-state index < -0.39 is 15.8 Å². The molecule has 0 aliphatic rings. The fourth-order valence-corrected chi connectivity index (χ4v) is 2.99. The summed E-state index contributed by atoms with van der Waals surface area (Å²) in [6.45, 7) is 2.28. The number of alkyl halides is 1. The van der Waals surface area contributed by atoms with Crippen LogP contribution in [0.1, 0.15) is 19.8 Å². The Balaban J connectivity index is 2.74. The molecule has 1 aromatic rings. The summed E-state index contributed by atoms with van der Waals surface area (Å²) >= 11 is 6.49. The van der Waals surface area contributed by atoms with Gasteiger partial charge in [0.25, 0.3) is 0 Å². The fraction of sp³-hybridized carbons (Fsp3) is 0.455. The molecule has 0 aliphatic heterocycles. The molecule has 3 nitrogen and oxygen atoms in total. The van der Waals surface area contributed by atoms with Gasteiger partial charge in [0.05, 0.1) is 0 Å². The first kappa shape index (κ1) is 16.1. The topological polar surface area (TPSA) is 46.2 Å².